The quantitative estimate of drug-likeness (QED) is 0.847. The van der Waals surface area contributed by atoms with E-state index in [4.69, 9.17) is 0 Å². The van der Waals surface area contributed by atoms with Gasteiger partial charge in [-0.3, -0.25) is 4.79 Å². The molecule has 0 spiro atoms. The topological polar surface area (TPSA) is 50.2 Å². The molecule has 0 aliphatic carbocycles. The molecule has 102 valence electrons. The molecule has 0 saturated heterocycles. The Balaban J connectivity index is 1.50. The summed E-state index contributed by atoms with van der Waals surface area (Å²) >= 11 is 0. The van der Waals surface area contributed by atoms with Crippen LogP contribution >= 0.6 is 0 Å². The lowest BCUT2D eigenvalue weighted by molar-refractivity contribution is -0.133. The molecule has 2 aliphatic heterocycles. The van der Waals surface area contributed by atoms with Crippen LogP contribution in [-0.2, 0) is 24.3 Å². The van der Waals surface area contributed by atoms with Crippen molar-refractivity contribution in [3.05, 3.63) is 48.0 Å². The number of aromatic nitrogens is 2. The van der Waals surface area contributed by atoms with Crippen LogP contribution in [0.5, 0.6) is 0 Å². The summed E-state index contributed by atoms with van der Waals surface area (Å²) in [6.45, 7) is 2.21. The molecule has 0 fully saturated rings. The van der Waals surface area contributed by atoms with Crippen LogP contribution in [0, 0.1) is 0 Å². The van der Waals surface area contributed by atoms with E-state index in [9.17, 15) is 4.79 Å². The molecule has 0 saturated carbocycles. The number of hydrogen-bond acceptors (Lipinski definition) is 3. The fraction of sp³-hybridized carbons (Fsp3) is 0.333. The summed E-state index contributed by atoms with van der Waals surface area (Å²) < 4.78 is 2.11. The Kier molecular flexibility index (Phi) is 2.52. The number of nitrogens with one attached hydrogen (secondary N) is 1. The highest BCUT2D eigenvalue weighted by Crippen LogP contribution is 2.26. The van der Waals surface area contributed by atoms with Gasteiger partial charge in [0.1, 0.15) is 11.9 Å². The zero-order chi connectivity index (χ0) is 13.5. The summed E-state index contributed by atoms with van der Waals surface area (Å²) in [5.74, 6) is 1.15. The molecule has 0 unspecified atom stereocenters. The lowest BCUT2D eigenvalue weighted by atomic mass is 10.1. The van der Waals surface area contributed by atoms with Crippen LogP contribution in [-0.4, -0.2) is 32.9 Å². The minimum absolute atomic E-state index is 0.131. The summed E-state index contributed by atoms with van der Waals surface area (Å²) in [6.07, 6.45) is 4.55. The molecule has 2 aliphatic rings. The average molecular weight is 268 g/mol. The minimum Gasteiger partial charge on any atom is -0.373 e. The van der Waals surface area contributed by atoms with Gasteiger partial charge in [-0.1, -0.05) is 18.2 Å². The highest BCUT2D eigenvalue weighted by atomic mass is 16.2. The predicted octanol–water partition coefficient (Wildman–Crippen LogP) is 1.26. The fourth-order valence-electron chi connectivity index (χ4n) is 3.03. The predicted molar refractivity (Wildman–Crippen MR) is 75.2 cm³/mol. The summed E-state index contributed by atoms with van der Waals surface area (Å²) in [6, 6.07) is 8.00. The standard InChI is InChI=1S/C15H16N4O/c20-15(13-9-11-3-1-2-4-12(11)17-13)19-8-7-18-6-5-16-14(18)10-19/h1-6,13,17H,7-10H2/t13-/m0/s1. The van der Waals surface area contributed by atoms with E-state index in [1.807, 2.05) is 29.3 Å². The van der Waals surface area contributed by atoms with Gasteiger partial charge in [0, 0.05) is 37.6 Å². The average Bonchev–Trinajstić information content (AvgIpc) is 3.11. The number of carbonyl (C=O) groups excluding carboxylic acids is 1. The minimum atomic E-state index is -0.131. The molecule has 0 bridgehead atoms. The molecule has 2 aromatic rings. The summed E-state index contributed by atoms with van der Waals surface area (Å²) in [4.78, 5) is 18.8. The van der Waals surface area contributed by atoms with Crippen LogP contribution in [0.1, 0.15) is 11.4 Å². The van der Waals surface area contributed by atoms with Crippen LogP contribution in [0.2, 0.25) is 0 Å². The van der Waals surface area contributed by atoms with Crippen molar-refractivity contribution < 1.29 is 4.79 Å². The zero-order valence-corrected chi connectivity index (χ0v) is 11.1. The number of anilines is 1. The number of amides is 1. The number of fused-ring (bicyclic) bond motifs is 2. The second-order valence-electron chi connectivity index (χ2n) is 5.35. The Morgan fingerprint density at radius 3 is 3.10 bits per heavy atom. The zero-order valence-electron chi connectivity index (χ0n) is 11.1. The molecule has 1 atom stereocenters. The van der Waals surface area contributed by atoms with E-state index in [-0.39, 0.29) is 11.9 Å². The Bertz CT molecular complexity index is 634. The first kappa shape index (κ1) is 11.5. The molecule has 20 heavy (non-hydrogen) atoms. The van der Waals surface area contributed by atoms with E-state index < -0.39 is 0 Å². The van der Waals surface area contributed by atoms with Gasteiger partial charge in [-0.15, -0.1) is 0 Å². The van der Waals surface area contributed by atoms with Gasteiger partial charge < -0.3 is 14.8 Å². The Labute approximate surface area is 117 Å². The Morgan fingerprint density at radius 2 is 2.20 bits per heavy atom. The molecule has 1 aromatic heterocycles. The van der Waals surface area contributed by atoms with Gasteiger partial charge in [0.15, 0.2) is 0 Å². The van der Waals surface area contributed by atoms with E-state index >= 15 is 0 Å². The van der Waals surface area contributed by atoms with Crippen LogP contribution in [0.25, 0.3) is 0 Å². The summed E-state index contributed by atoms with van der Waals surface area (Å²) in [5, 5.41) is 3.33. The largest absolute Gasteiger partial charge is 0.373 e. The second-order valence-corrected chi connectivity index (χ2v) is 5.35. The van der Waals surface area contributed by atoms with Crippen molar-refractivity contribution in [3.8, 4) is 0 Å². The second kappa shape index (κ2) is 4.37. The van der Waals surface area contributed by atoms with Gasteiger partial charge in [0.2, 0.25) is 5.91 Å². The highest BCUT2D eigenvalue weighted by molar-refractivity contribution is 5.87. The molecule has 0 radical (unpaired) electrons. The van der Waals surface area contributed by atoms with Crippen molar-refractivity contribution in [2.45, 2.75) is 25.6 Å². The Hall–Kier alpha value is -2.30. The molecule has 1 amide bonds. The van der Waals surface area contributed by atoms with Crippen LogP contribution < -0.4 is 5.32 Å². The van der Waals surface area contributed by atoms with Crippen molar-refractivity contribution in [2.24, 2.45) is 0 Å². The van der Waals surface area contributed by atoms with Crippen molar-refractivity contribution in [2.75, 3.05) is 11.9 Å². The first-order valence-electron chi connectivity index (χ1n) is 6.94. The van der Waals surface area contributed by atoms with Gasteiger partial charge in [-0.25, -0.2) is 4.98 Å². The normalized spacial score (nSPS) is 20.2. The van der Waals surface area contributed by atoms with Gasteiger partial charge in [0.25, 0.3) is 0 Å². The molecule has 1 N–H and O–H groups in total. The molecule has 1 aromatic carbocycles. The number of nitrogens with zero attached hydrogens (tertiary/aromatic N) is 3. The number of carbonyl (C=O) groups is 1. The van der Waals surface area contributed by atoms with Gasteiger partial charge >= 0.3 is 0 Å². The number of rotatable bonds is 1. The highest BCUT2D eigenvalue weighted by Gasteiger charge is 2.31. The monoisotopic (exact) mass is 268 g/mol. The van der Waals surface area contributed by atoms with Crippen LogP contribution in [0.15, 0.2) is 36.7 Å². The maximum absolute atomic E-state index is 12.6. The number of benzene rings is 1. The van der Waals surface area contributed by atoms with Gasteiger partial charge in [-0.2, -0.15) is 0 Å². The molecule has 5 heteroatoms. The maximum atomic E-state index is 12.6. The lowest BCUT2D eigenvalue weighted by Crippen LogP contribution is -2.45. The van der Waals surface area contributed by atoms with E-state index in [0.717, 1.165) is 31.0 Å². The smallest absolute Gasteiger partial charge is 0.245 e. The molecule has 5 nitrogen and oxygen atoms in total. The van der Waals surface area contributed by atoms with Crippen LogP contribution in [0.3, 0.4) is 0 Å². The van der Waals surface area contributed by atoms with Crippen molar-refractivity contribution in [1.82, 2.24) is 14.5 Å². The number of imidazole rings is 1. The van der Waals surface area contributed by atoms with Crippen molar-refractivity contribution in [3.63, 3.8) is 0 Å². The third kappa shape index (κ3) is 1.78. The maximum Gasteiger partial charge on any atom is 0.245 e. The Morgan fingerprint density at radius 1 is 1.30 bits per heavy atom. The number of hydrogen-bond donors (Lipinski definition) is 1. The molecular formula is C15H16N4O. The number of para-hydroxylation sites is 1. The molecule has 3 heterocycles. The lowest BCUT2D eigenvalue weighted by Gasteiger charge is -2.29. The molecule has 4 rings (SSSR count). The molecular weight excluding hydrogens is 252 g/mol. The van der Waals surface area contributed by atoms with E-state index in [1.54, 1.807) is 6.20 Å². The van der Waals surface area contributed by atoms with Gasteiger partial charge in [-0.05, 0) is 11.6 Å². The fourth-order valence-corrected chi connectivity index (χ4v) is 3.03. The summed E-state index contributed by atoms with van der Waals surface area (Å²) in [7, 11) is 0. The van der Waals surface area contributed by atoms with Gasteiger partial charge in [0.05, 0.1) is 6.54 Å². The van der Waals surface area contributed by atoms with E-state index in [0.29, 0.717) is 6.54 Å². The summed E-state index contributed by atoms with van der Waals surface area (Å²) in [5.41, 5.74) is 2.31. The van der Waals surface area contributed by atoms with E-state index in [2.05, 4.69) is 20.9 Å². The first-order valence-corrected chi connectivity index (χ1v) is 6.94. The van der Waals surface area contributed by atoms with E-state index in [1.165, 1.54) is 5.56 Å². The SMILES string of the molecule is O=C([C@@H]1Cc2ccccc2N1)N1CCn2ccnc2C1. The first-order chi connectivity index (χ1) is 9.81. The van der Waals surface area contributed by atoms with Crippen molar-refractivity contribution >= 4 is 11.6 Å². The van der Waals surface area contributed by atoms with Crippen molar-refractivity contribution in [1.29, 1.82) is 0 Å². The third-order valence-electron chi connectivity index (χ3n) is 4.13. The third-order valence-corrected chi connectivity index (χ3v) is 4.13. The van der Waals surface area contributed by atoms with Crippen LogP contribution in [0.4, 0.5) is 5.69 Å².